The highest BCUT2D eigenvalue weighted by atomic mass is 35.5. The maximum absolute atomic E-state index is 13.3. The lowest BCUT2D eigenvalue weighted by Crippen LogP contribution is -2.52. The first-order valence-corrected chi connectivity index (χ1v) is 12.3. The van der Waals surface area contributed by atoms with Gasteiger partial charge in [-0.15, -0.1) is 0 Å². The molecular formula is C24H26Cl2N6O2. The van der Waals surface area contributed by atoms with Crippen LogP contribution < -0.4 is 9.80 Å². The molecule has 0 aliphatic carbocycles. The Kier molecular flexibility index (Phi) is 6.36. The Morgan fingerprint density at radius 1 is 0.941 bits per heavy atom. The van der Waals surface area contributed by atoms with E-state index in [1.54, 1.807) is 39.7 Å². The van der Waals surface area contributed by atoms with Gasteiger partial charge in [0.1, 0.15) is 12.4 Å². The molecule has 10 heteroatoms. The van der Waals surface area contributed by atoms with Gasteiger partial charge in [-0.3, -0.25) is 9.59 Å². The largest absolute Gasteiger partial charge is 0.357 e. The molecule has 4 heterocycles. The molecule has 5 rings (SSSR count). The van der Waals surface area contributed by atoms with E-state index in [2.05, 4.69) is 10.00 Å². The Balaban J connectivity index is 1.35. The van der Waals surface area contributed by atoms with E-state index in [0.29, 0.717) is 45.5 Å². The Morgan fingerprint density at radius 2 is 1.71 bits per heavy atom. The van der Waals surface area contributed by atoms with Gasteiger partial charge in [0.2, 0.25) is 5.91 Å². The fourth-order valence-electron chi connectivity index (χ4n) is 4.68. The van der Waals surface area contributed by atoms with Crippen molar-refractivity contribution >= 4 is 57.6 Å². The smallest absolute Gasteiger partial charge is 0.275 e. The molecule has 0 saturated carbocycles. The number of rotatable bonds is 3. The number of pyridine rings is 1. The Morgan fingerprint density at radius 3 is 2.41 bits per heavy atom. The van der Waals surface area contributed by atoms with Crippen molar-refractivity contribution in [2.75, 3.05) is 42.5 Å². The molecule has 2 fully saturated rings. The Labute approximate surface area is 208 Å². The summed E-state index contributed by atoms with van der Waals surface area (Å²) < 4.78 is 1.65. The minimum atomic E-state index is -0.267. The third kappa shape index (κ3) is 4.32. The van der Waals surface area contributed by atoms with Crippen LogP contribution in [0.4, 0.5) is 11.5 Å². The SMILES string of the molecule is Cn1nc(C(=O)N2CCN(c3ccc(Cl)c(Cl)c3)C(=O)C2)c2ccc(N3CCCCCC3)nc21. The summed E-state index contributed by atoms with van der Waals surface area (Å²) in [5, 5.41) is 6.00. The van der Waals surface area contributed by atoms with Crippen LogP contribution in [0.2, 0.25) is 10.0 Å². The molecule has 8 nitrogen and oxygen atoms in total. The first kappa shape index (κ1) is 22.9. The molecule has 0 unspecified atom stereocenters. The minimum absolute atomic E-state index is 0.0313. The number of amides is 2. The Bertz CT molecular complexity index is 1250. The van der Waals surface area contributed by atoms with Gasteiger partial charge >= 0.3 is 0 Å². The molecule has 2 aliphatic rings. The summed E-state index contributed by atoms with van der Waals surface area (Å²) in [6.45, 7) is 2.71. The van der Waals surface area contributed by atoms with Crippen molar-refractivity contribution < 1.29 is 9.59 Å². The van der Waals surface area contributed by atoms with Crippen molar-refractivity contribution in [1.29, 1.82) is 0 Å². The summed E-state index contributed by atoms with van der Waals surface area (Å²) in [7, 11) is 1.80. The lowest BCUT2D eigenvalue weighted by Gasteiger charge is -2.34. The van der Waals surface area contributed by atoms with Crippen LogP contribution in [-0.2, 0) is 11.8 Å². The summed E-state index contributed by atoms with van der Waals surface area (Å²) in [4.78, 5) is 36.5. The summed E-state index contributed by atoms with van der Waals surface area (Å²) in [6, 6.07) is 8.98. The van der Waals surface area contributed by atoms with E-state index in [9.17, 15) is 9.59 Å². The number of benzene rings is 1. The van der Waals surface area contributed by atoms with Gasteiger partial charge in [-0.25, -0.2) is 9.67 Å². The van der Waals surface area contributed by atoms with E-state index in [4.69, 9.17) is 28.2 Å². The van der Waals surface area contributed by atoms with Gasteiger partial charge in [0.25, 0.3) is 5.91 Å². The first-order valence-electron chi connectivity index (χ1n) is 11.6. The number of fused-ring (bicyclic) bond motifs is 1. The zero-order valence-corrected chi connectivity index (χ0v) is 20.5. The van der Waals surface area contributed by atoms with Crippen LogP contribution in [0.15, 0.2) is 30.3 Å². The first-order chi connectivity index (χ1) is 16.4. The van der Waals surface area contributed by atoms with Crippen LogP contribution >= 0.6 is 23.2 Å². The maximum atomic E-state index is 13.3. The zero-order chi connectivity index (χ0) is 23.8. The predicted octanol–water partition coefficient (Wildman–Crippen LogP) is 4.14. The fourth-order valence-corrected chi connectivity index (χ4v) is 4.97. The quantitative estimate of drug-likeness (QED) is 0.539. The number of anilines is 2. The van der Waals surface area contributed by atoms with Gasteiger partial charge in [0.15, 0.2) is 11.3 Å². The highest BCUT2D eigenvalue weighted by molar-refractivity contribution is 6.42. The molecule has 2 aromatic heterocycles. The van der Waals surface area contributed by atoms with Crippen LogP contribution in [0, 0.1) is 0 Å². The van der Waals surface area contributed by atoms with Crippen molar-refractivity contribution in [2.45, 2.75) is 25.7 Å². The number of piperazine rings is 1. The standard InChI is InChI=1S/C24H26Cl2N6O2/c1-29-23-17(7-9-20(27-23)30-10-4-2-3-5-11-30)22(28-29)24(34)31-12-13-32(21(33)15-31)16-6-8-18(25)19(26)14-16/h6-9,14H,2-5,10-13,15H2,1H3. The zero-order valence-electron chi connectivity index (χ0n) is 19.0. The molecule has 2 aliphatic heterocycles. The van der Waals surface area contributed by atoms with Gasteiger partial charge in [0.05, 0.1) is 15.4 Å². The van der Waals surface area contributed by atoms with Crippen LogP contribution in [0.1, 0.15) is 36.2 Å². The second-order valence-corrected chi connectivity index (χ2v) is 9.60. The van der Waals surface area contributed by atoms with Crippen LogP contribution in [0.5, 0.6) is 0 Å². The predicted molar refractivity (Wildman–Crippen MR) is 134 cm³/mol. The number of aromatic nitrogens is 3. The summed E-state index contributed by atoms with van der Waals surface area (Å²) >= 11 is 12.1. The van der Waals surface area contributed by atoms with Crippen molar-refractivity contribution in [1.82, 2.24) is 19.7 Å². The number of hydrogen-bond donors (Lipinski definition) is 0. The molecule has 34 heavy (non-hydrogen) atoms. The number of aryl methyl sites for hydroxylation is 1. The van der Waals surface area contributed by atoms with Gasteiger partial charge in [0, 0.05) is 38.9 Å². The summed E-state index contributed by atoms with van der Waals surface area (Å²) in [5.41, 5.74) is 1.66. The molecular weight excluding hydrogens is 475 g/mol. The lowest BCUT2D eigenvalue weighted by atomic mass is 10.2. The molecule has 1 aromatic carbocycles. The third-order valence-corrected chi connectivity index (χ3v) is 7.27. The third-order valence-electron chi connectivity index (χ3n) is 6.53. The average Bonchev–Trinajstić information content (AvgIpc) is 3.00. The summed E-state index contributed by atoms with van der Waals surface area (Å²) in [6.07, 6.45) is 4.83. The monoisotopic (exact) mass is 500 g/mol. The molecule has 0 N–H and O–H groups in total. The highest BCUT2D eigenvalue weighted by Gasteiger charge is 2.31. The number of halogens is 2. The van der Waals surface area contributed by atoms with Crippen LogP contribution in [0.3, 0.4) is 0 Å². The normalized spacial score (nSPS) is 17.4. The molecule has 0 bridgehead atoms. The van der Waals surface area contributed by atoms with Crippen LogP contribution in [0.25, 0.3) is 11.0 Å². The van der Waals surface area contributed by atoms with Crippen molar-refractivity contribution in [3.63, 3.8) is 0 Å². The van der Waals surface area contributed by atoms with Crippen LogP contribution in [-0.4, -0.2) is 64.2 Å². The van der Waals surface area contributed by atoms with E-state index >= 15 is 0 Å². The maximum Gasteiger partial charge on any atom is 0.275 e. The van der Waals surface area contributed by atoms with E-state index in [0.717, 1.165) is 31.7 Å². The molecule has 3 aromatic rings. The van der Waals surface area contributed by atoms with Gasteiger partial charge in [-0.1, -0.05) is 36.0 Å². The van der Waals surface area contributed by atoms with E-state index in [1.807, 2.05) is 12.1 Å². The number of nitrogens with zero attached hydrogens (tertiary/aromatic N) is 6. The summed E-state index contributed by atoms with van der Waals surface area (Å²) in [5.74, 6) is 0.471. The highest BCUT2D eigenvalue weighted by Crippen LogP contribution is 2.29. The fraction of sp³-hybridized carbons (Fsp3) is 0.417. The van der Waals surface area contributed by atoms with E-state index in [-0.39, 0.29) is 18.4 Å². The van der Waals surface area contributed by atoms with Crippen molar-refractivity contribution in [2.24, 2.45) is 7.05 Å². The molecule has 0 radical (unpaired) electrons. The lowest BCUT2D eigenvalue weighted by molar-refractivity contribution is -0.120. The van der Waals surface area contributed by atoms with Gasteiger partial charge in [-0.05, 0) is 43.2 Å². The van der Waals surface area contributed by atoms with E-state index < -0.39 is 0 Å². The molecule has 0 spiro atoms. The molecule has 2 amide bonds. The Hall–Kier alpha value is -2.84. The average molecular weight is 501 g/mol. The van der Waals surface area contributed by atoms with E-state index in [1.165, 1.54) is 12.8 Å². The minimum Gasteiger partial charge on any atom is -0.357 e. The second-order valence-electron chi connectivity index (χ2n) is 8.78. The molecule has 178 valence electrons. The van der Waals surface area contributed by atoms with Crippen molar-refractivity contribution in [3.8, 4) is 0 Å². The second kappa shape index (κ2) is 9.43. The molecule has 2 saturated heterocycles. The number of carbonyl (C=O) groups excluding carboxylic acids is 2. The van der Waals surface area contributed by atoms with Crippen molar-refractivity contribution in [3.05, 3.63) is 46.1 Å². The van der Waals surface area contributed by atoms with Gasteiger partial charge in [-0.2, -0.15) is 5.10 Å². The topological polar surface area (TPSA) is 74.6 Å². The number of hydrogen-bond acceptors (Lipinski definition) is 5. The van der Waals surface area contributed by atoms with Gasteiger partial charge < -0.3 is 14.7 Å². The number of carbonyl (C=O) groups is 2. The molecule has 0 atom stereocenters.